The smallest absolute Gasteiger partial charge is 0.272 e. The Hall–Kier alpha value is -3.03. The number of amides is 1. The highest BCUT2D eigenvalue weighted by atomic mass is 16.2. The first-order chi connectivity index (χ1) is 12.5. The fraction of sp³-hybridized carbons (Fsp3) is 0.389. The lowest BCUT2D eigenvalue weighted by molar-refractivity contribution is 0.0704. The Kier molecular flexibility index (Phi) is 4.02. The van der Waals surface area contributed by atoms with Gasteiger partial charge in [-0.1, -0.05) is 0 Å². The predicted molar refractivity (Wildman–Crippen MR) is 95.2 cm³/mol. The van der Waals surface area contributed by atoms with E-state index in [0.29, 0.717) is 36.1 Å². The molecule has 0 unspecified atom stereocenters. The number of fused-ring (bicyclic) bond motifs is 1. The van der Waals surface area contributed by atoms with Crippen molar-refractivity contribution in [3.05, 3.63) is 57.8 Å². The fourth-order valence-electron chi connectivity index (χ4n) is 3.60. The number of hydrogen-bond donors (Lipinski definition) is 1. The van der Waals surface area contributed by atoms with Crippen LogP contribution >= 0.6 is 0 Å². The molecule has 1 aliphatic rings. The molecule has 0 bridgehead atoms. The van der Waals surface area contributed by atoms with Gasteiger partial charge in [-0.2, -0.15) is 0 Å². The average Bonchev–Trinajstić information content (AvgIpc) is 2.96. The SMILES string of the molecule is Cc1nc(C2CCN(C(=O)c3c(C)nc4ncccn34)CC2)cc(=O)[nH]1. The lowest BCUT2D eigenvalue weighted by Crippen LogP contribution is -2.39. The van der Waals surface area contributed by atoms with E-state index in [2.05, 4.69) is 19.9 Å². The second kappa shape index (κ2) is 6.36. The molecular weight excluding hydrogens is 332 g/mol. The first-order valence-electron chi connectivity index (χ1n) is 8.70. The van der Waals surface area contributed by atoms with E-state index in [1.807, 2.05) is 18.0 Å². The summed E-state index contributed by atoms with van der Waals surface area (Å²) in [5.74, 6) is 1.33. The summed E-state index contributed by atoms with van der Waals surface area (Å²) in [6.45, 7) is 4.87. The number of likely N-dealkylation sites (tertiary alicyclic amines) is 1. The number of nitrogens with one attached hydrogen (secondary N) is 1. The standard InChI is InChI=1S/C18H20N6O2/c1-11-16(24-7-3-6-19-18(24)20-11)17(26)23-8-4-13(5-9-23)14-10-15(25)22-12(2)21-14/h3,6-7,10,13H,4-5,8-9H2,1-2H3,(H,21,22,25). The summed E-state index contributed by atoms with van der Waals surface area (Å²) in [5, 5.41) is 0. The number of imidazole rings is 1. The highest BCUT2D eigenvalue weighted by molar-refractivity contribution is 5.94. The number of carbonyl (C=O) groups is 1. The largest absolute Gasteiger partial charge is 0.337 e. The normalized spacial score (nSPS) is 15.5. The van der Waals surface area contributed by atoms with Crippen molar-refractivity contribution in [3.63, 3.8) is 0 Å². The van der Waals surface area contributed by atoms with Crippen LogP contribution in [-0.4, -0.2) is 48.2 Å². The van der Waals surface area contributed by atoms with Crippen molar-refractivity contribution in [1.29, 1.82) is 0 Å². The molecule has 134 valence electrons. The van der Waals surface area contributed by atoms with Gasteiger partial charge in [-0.15, -0.1) is 0 Å². The minimum absolute atomic E-state index is 0.0310. The summed E-state index contributed by atoms with van der Waals surface area (Å²) >= 11 is 0. The fourth-order valence-corrected chi connectivity index (χ4v) is 3.60. The molecule has 3 aromatic heterocycles. The summed E-state index contributed by atoms with van der Waals surface area (Å²) < 4.78 is 1.74. The average molecular weight is 352 g/mol. The van der Waals surface area contributed by atoms with Gasteiger partial charge in [-0.25, -0.2) is 15.0 Å². The summed E-state index contributed by atoms with van der Waals surface area (Å²) in [6, 6.07) is 3.35. The van der Waals surface area contributed by atoms with Crippen LogP contribution in [0.1, 0.15) is 46.5 Å². The molecule has 0 aliphatic carbocycles. The molecule has 0 spiro atoms. The van der Waals surface area contributed by atoms with Crippen molar-refractivity contribution >= 4 is 11.7 Å². The summed E-state index contributed by atoms with van der Waals surface area (Å²) in [7, 11) is 0. The lowest BCUT2D eigenvalue weighted by Gasteiger charge is -2.31. The third kappa shape index (κ3) is 2.87. The van der Waals surface area contributed by atoms with Gasteiger partial charge in [0, 0.05) is 37.5 Å². The molecule has 4 rings (SSSR count). The zero-order valence-electron chi connectivity index (χ0n) is 14.8. The molecule has 1 fully saturated rings. The molecular formula is C18H20N6O2. The molecule has 8 heteroatoms. The van der Waals surface area contributed by atoms with Gasteiger partial charge < -0.3 is 9.88 Å². The van der Waals surface area contributed by atoms with Crippen LogP contribution < -0.4 is 5.56 Å². The predicted octanol–water partition coefficient (Wildman–Crippen LogP) is 1.45. The van der Waals surface area contributed by atoms with E-state index in [1.54, 1.807) is 29.7 Å². The first kappa shape index (κ1) is 16.4. The second-order valence-electron chi connectivity index (χ2n) is 6.66. The zero-order valence-corrected chi connectivity index (χ0v) is 14.8. The first-order valence-corrected chi connectivity index (χ1v) is 8.70. The Bertz CT molecular complexity index is 1030. The third-order valence-corrected chi connectivity index (χ3v) is 4.86. The zero-order chi connectivity index (χ0) is 18.3. The molecule has 1 N–H and O–H groups in total. The van der Waals surface area contributed by atoms with Crippen molar-refractivity contribution in [2.45, 2.75) is 32.6 Å². The number of piperidine rings is 1. The van der Waals surface area contributed by atoms with Crippen LogP contribution in [0.4, 0.5) is 0 Å². The van der Waals surface area contributed by atoms with E-state index >= 15 is 0 Å². The second-order valence-corrected chi connectivity index (χ2v) is 6.66. The van der Waals surface area contributed by atoms with Crippen molar-refractivity contribution in [1.82, 2.24) is 29.2 Å². The van der Waals surface area contributed by atoms with E-state index in [4.69, 9.17) is 0 Å². The molecule has 0 aromatic carbocycles. The topological polar surface area (TPSA) is 96.2 Å². The van der Waals surface area contributed by atoms with Crippen molar-refractivity contribution in [2.24, 2.45) is 0 Å². The number of aromatic nitrogens is 5. The molecule has 4 heterocycles. The highest BCUT2D eigenvalue weighted by Gasteiger charge is 2.28. The van der Waals surface area contributed by atoms with Gasteiger partial charge in [0.15, 0.2) is 0 Å². The van der Waals surface area contributed by atoms with Gasteiger partial charge in [-0.3, -0.25) is 14.0 Å². The Morgan fingerprint density at radius 2 is 2.00 bits per heavy atom. The quantitative estimate of drug-likeness (QED) is 0.753. The van der Waals surface area contributed by atoms with E-state index in [1.165, 1.54) is 0 Å². The van der Waals surface area contributed by atoms with Crippen LogP contribution in [0.5, 0.6) is 0 Å². The van der Waals surface area contributed by atoms with Gasteiger partial charge in [0.05, 0.1) is 11.4 Å². The monoisotopic (exact) mass is 352 g/mol. The molecule has 1 aliphatic heterocycles. The van der Waals surface area contributed by atoms with Crippen molar-refractivity contribution in [2.75, 3.05) is 13.1 Å². The number of rotatable bonds is 2. The maximum atomic E-state index is 13.0. The summed E-state index contributed by atoms with van der Waals surface area (Å²) in [5.41, 5.74) is 1.94. The summed E-state index contributed by atoms with van der Waals surface area (Å²) in [4.78, 5) is 42.2. The molecule has 1 amide bonds. The number of carbonyl (C=O) groups excluding carboxylic acids is 1. The minimum atomic E-state index is -0.125. The minimum Gasteiger partial charge on any atom is -0.337 e. The number of nitrogens with zero attached hydrogens (tertiary/aromatic N) is 5. The summed E-state index contributed by atoms with van der Waals surface area (Å²) in [6.07, 6.45) is 5.05. The molecule has 0 atom stereocenters. The molecule has 0 radical (unpaired) electrons. The van der Waals surface area contributed by atoms with Gasteiger partial charge in [0.2, 0.25) is 5.78 Å². The van der Waals surface area contributed by atoms with E-state index in [-0.39, 0.29) is 17.4 Å². The number of H-pyrrole nitrogens is 1. The van der Waals surface area contributed by atoms with Crippen LogP contribution in [0.3, 0.4) is 0 Å². The lowest BCUT2D eigenvalue weighted by atomic mass is 9.93. The Morgan fingerprint density at radius 3 is 2.73 bits per heavy atom. The van der Waals surface area contributed by atoms with E-state index in [9.17, 15) is 9.59 Å². The maximum Gasteiger partial charge on any atom is 0.272 e. The van der Waals surface area contributed by atoms with E-state index < -0.39 is 0 Å². The van der Waals surface area contributed by atoms with Crippen LogP contribution in [0, 0.1) is 13.8 Å². The number of hydrogen-bond acceptors (Lipinski definition) is 5. The van der Waals surface area contributed by atoms with Gasteiger partial charge in [0.1, 0.15) is 11.5 Å². The van der Waals surface area contributed by atoms with Gasteiger partial charge in [0.25, 0.3) is 11.5 Å². The molecule has 1 saturated heterocycles. The van der Waals surface area contributed by atoms with Gasteiger partial charge in [-0.05, 0) is 32.8 Å². The van der Waals surface area contributed by atoms with Gasteiger partial charge >= 0.3 is 0 Å². The highest BCUT2D eigenvalue weighted by Crippen LogP contribution is 2.27. The van der Waals surface area contributed by atoms with Crippen molar-refractivity contribution in [3.8, 4) is 0 Å². The Labute approximate surface area is 149 Å². The Morgan fingerprint density at radius 1 is 1.23 bits per heavy atom. The molecule has 0 saturated carbocycles. The molecule has 3 aromatic rings. The molecule has 26 heavy (non-hydrogen) atoms. The number of aryl methyl sites for hydroxylation is 2. The Balaban J connectivity index is 1.53. The third-order valence-electron chi connectivity index (χ3n) is 4.86. The molecule has 8 nitrogen and oxygen atoms in total. The van der Waals surface area contributed by atoms with Crippen LogP contribution in [0.2, 0.25) is 0 Å². The van der Waals surface area contributed by atoms with Crippen LogP contribution in [-0.2, 0) is 0 Å². The van der Waals surface area contributed by atoms with Crippen LogP contribution in [0.25, 0.3) is 5.78 Å². The number of aromatic amines is 1. The van der Waals surface area contributed by atoms with E-state index in [0.717, 1.165) is 18.5 Å². The van der Waals surface area contributed by atoms with Crippen molar-refractivity contribution < 1.29 is 4.79 Å². The van der Waals surface area contributed by atoms with Crippen LogP contribution in [0.15, 0.2) is 29.3 Å². The maximum absolute atomic E-state index is 13.0.